The van der Waals surface area contributed by atoms with Crippen molar-refractivity contribution >= 4 is 16.5 Å². The quantitative estimate of drug-likeness (QED) is 0.271. The van der Waals surface area contributed by atoms with Gasteiger partial charge in [0.1, 0.15) is 0 Å². The van der Waals surface area contributed by atoms with Crippen LogP contribution in [0.15, 0.2) is 12.8 Å². The monoisotopic (exact) mass is 258 g/mol. The fraction of sp³-hybridized carbons (Fsp3) is 0.500. The van der Waals surface area contributed by atoms with Crippen LogP contribution in [0, 0.1) is 0 Å². The number of hydrogen-bond acceptors (Lipinski definition) is 5. The molecular formula is C4H13NaO7P2. The van der Waals surface area contributed by atoms with Crippen LogP contribution in [0.3, 0.4) is 0 Å². The van der Waals surface area contributed by atoms with Crippen LogP contribution >= 0.6 is 16.5 Å². The summed E-state index contributed by atoms with van der Waals surface area (Å²) in [5.74, 6) is 0. The molecule has 3 N–H and O–H groups in total. The van der Waals surface area contributed by atoms with Crippen LogP contribution in [0.2, 0.25) is 0 Å². The van der Waals surface area contributed by atoms with E-state index in [0.717, 1.165) is 6.26 Å². The first-order valence-electron chi connectivity index (χ1n) is 2.93. The molecule has 0 aromatic heterocycles. The van der Waals surface area contributed by atoms with Gasteiger partial charge < -0.3 is 20.0 Å². The second-order valence-corrected chi connectivity index (χ2v) is 2.99. The summed E-state index contributed by atoms with van der Waals surface area (Å²) in [5.41, 5.74) is 0. The molecule has 2 unspecified atom stereocenters. The minimum atomic E-state index is -3.20. The summed E-state index contributed by atoms with van der Waals surface area (Å²) in [6, 6.07) is 0. The molecule has 0 aliphatic rings. The van der Waals surface area contributed by atoms with Gasteiger partial charge in [-0.05, 0) is 0 Å². The van der Waals surface area contributed by atoms with E-state index in [0.29, 0.717) is 0 Å². The van der Waals surface area contributed by atoms with Crippen molar-refractivity contribution in [3.8, 4) is 0 Å². The molecule has 0 aliphatic carbocycles. The third-order valence-electron chi connectivity index (χ3n) is 0.175. The van der Waals surface area contributed by atoms with Crippen molar-refractivity contribution in [2.75, 3.05) is 6.61 Å². The van der Waals surface area contributed by atoms with E-state index in [1.165, 1.54) is 0 Å². The molecule has 0 rings (SSSR count). The first-order valence-corrected chi connectivity index (χ1v) is 5.45. The Bertz CT molecular complexity index is 141. The van der Waals surface area contributed by atoms with Crippen molar-refractivity contribution in [2.24, 2.45) is 0 Å². The Morgan fingerprint density at radius 1 is 1.43 bits per heavy atom. The first kappa shape index (κ1) is 24.2. The molecule has 0 spiro atoms. The molecule has 0 bridgehead atoms. The van der Waals surface area contributed by atoms with Gasteiger partial charge in [0.05, 0.1) is 6.26 Å². The summed E-state index contributed by atoms with van der Waals surface area (Å²) in [5, 5.41) is 16.3. The number of aliphatic hydroxyl groups excluding tert-OH is 1. The van der Waals surface area contributed by atoms with E-state index in [9.17, 15) is 9.13 Å². The van der Waals surface area contributed by atoms with E-state index in [4.69, 9.17) is 20.0 Å². The molecule has 0 aliphatic heterocycles. The minimum absolute atomic E-state index is 0. The second-order valence-electron chi connectivity index (χ2n) is 1.11. The molecule has 2 atom stereocenters. The van der Waals surface area contributed by atoms with Crippen LogP contribution in [-0.4, -0.2) is 21.5 Å². The summed E-state index contributed by atoms with van der Waals surface area (Å²) >= 11 is 0. The van der Waals surface area contributed by atoms with Gasteiger partial charge in [-0.3, -0.25) is 9.13 Å². The van der Waals surface area contributed by atoms with E-state index in [-0.39, 0.29) is 36.2 Å². The van der Waals surface area contributed by atoms with Crippen molar-refractivity contribution in [3.05, 3.63) is 12.8 Å². The molecule has 0 heterocycles. The van der Waals surface area contributed by atoms with Gasteiger partial charge in [0.2, 0.25) is 0 Å². The fourth-order valence-electron chi connectivity index (χ4n) is 0.0747. The van der Waals surface area contributed by atoms with Gasteiger partial charge in [0, 0.05) is 0 Å². The van der Waals surface area contributed by atoms with Crippen LogP contribution in [0.25, 0.3) is 0 Å². The molecule has 0 saturated carbocycles. The normalized spacial score (nSPS) is 11.4. The topological polar surface area (TPSA) is 127 Å². The van der Waals surface area contributed by atoms with Crippen LogP contribution < -0.4 is 34.7 Å². The maximum absolute atomic E-state index is 9.44. The Balaban J connectivity index is -0.0000000610. The Morgan fingerprint density at radius 3 is 1.57 bits per heavy atom. The van der Waals surface area contributed by atoms with Crippen LogP contribution in [-0.2, 0) is 13.4 Å². The largest absolute Gasteiger partial charge is 1.00 e. The van der Waals surface area contributed by atoms with Gasteiger partial charge >= 0.3 is 46.1 Å². The molecular weight excluding hydrogens is 245 g/mol. The Labute approximate surface area is 106 Å². The predicted octanol–water partition coefficient (Wildman–Crippen LogP) is -3.17. The number of hydrogen-bond donors (Lipinski definition) is 3. The molecule has 0 fully saturated rings. The smallest absolute Gasteiger partial charge is 0.855 e. The summed E-state index contributed by atoms with van der Waals surface area (Å²) in [6.45, 7) is 4.49. The van der Waals surface area contributed by atoms with E-state index >= 15 is 0 Å². The molecule has 0 saturated heterocycles. The van der Waals surface area contributed by atoms with Gasteiger partial charge in [-0.25, -0.2) is 4.31 Å². The van der Waals surface area contributed by atoms with E-state index in [2.05, 4.69) is 10.9 Å². The summed E-state index contributed by atoms with van der Waals surface area (Å²) in [7, 11) is -6.40. The Morgan fingerprint density at radius 2 is 1.57 bits per heavy atom. The molecule has 7 nitrogen and oxygen atoms in total. The Kier molecular flexibility index (Phi) is 40.7. The molecule has 14 heavy (non-hydrogen) atoms. The standard InChI is InChI=1S/C2H5O.C2H4O.Na.H4O5P2/c2*1-2-3;;1-6(2)5-7(3)4/h2H2,1H3;2-3H,1H2;;6-7H,(H,1,2)(H,3,4)/q-1;;+1;. The van der Waals surface area contributed by atoms with Crippen molar-refractivity contribution in [2.45, 2.75) is 6.92 Å². The fourth-order valence-corrected chi connectivity index (χ4v) is 0.672. The van der Waals surface area contributed by atoms with E-state index in [1.807, 2.05) is 0 Å². The minimum Gasteiger partial charge on any atom is -0.855 e. The maximum atomic E-state index is 9.44. The summed E-state index contributed by atoms with van der Waals surface area (Å²) in [4.78, 5) is 15.4. The van der Waals surface area contributed by atoms with Crippen molar-refractivity contribution in [1.82, 2.24) is 0 Å². The molecule has 0 aromatic carbocycles. The zero-order valence-corrected chi connectivity index (χ0v) is 12.0. The Hall–Kier alpha value is 0.840. The van der Waals surface area contributed by atoms with Gasteiger partial charge in [-0.15, -0.1) is 6.61 Å². The van der Waals surface area contributed by atoms with Gasteiger partial charge in [-0.1, -0.05) is 13.5 Å². The van der Waals surface area contributed by atoms with Crippen molar-refractivity contribution < 1.29 is 63.0 Å². The molecule has 10 heteroatoms. The SMILES string of the molecule is C=CO.CC[O-].O=[PH](O)O[PH](=O)O.[Na+]. The van der Waals surface area contributed by atoms with E-state index in [1.54, 1.807) is 6.92 Å². The third-order valence-corrected chi connectivity index (χ3v) is 1.57. The average Bonchev–Trinajstić information content (AvgIpc) is 1.86. The third kappa shape index (κ3) is 76.8. The summed E-state index contributed by atoms with van der Waals surface area (Å²) in [6.07, 6.45) is 0.750. The number of rotatable bonds is 2. The van der Waals surface area contributed by atoms with Gasteiger partial charge in [-0.2, -0.15) is 0 Å². The zero-order chi connectivity index (χ0) is 11.3. The number of aliphatic hydroxyl groups is 1. The summed E-state index contributed by atoms with van der Waals surface area (Å²) < 4.78 is 22.3. The van der Waals surface area contributed by atoms with Crippen LogP contribution in [0.4, 0.5) is 0 Å². The van der Waals surface area contributed by atoms with Crippen LogP contribution in [0.5, 0.6) is 0 Å². The van der Waals surface area contributed by atoms with Crippen LogP contribution in [0.1, 0.15) is 6.92 Å². The zero-order valence-electron chi connectivity index (χ0n) is 7.97. The van der Waals surface area contributed by atoms with Crippen molar-refractivity contribution in [3.63, 3.8) is 0 Å². The molecule has 0 radical (unpaired) electrons. The molecule has 0 aromatic rings. The second kappa shape index (κ2) is 23.6. The first-order chi connectivity index (χ1) is 5.95. The van der Waals surface area contributed by atoms with Gasteiger partial charge in [0.15, 0.2) is 0 Å². The average molecular weight is 258 g/mol. The maximum Gasteiger partial charge on any atom is 1.00 e. The van der Waals surface area contributed by atoms with Crippen molar-refractivity contribution in [1.29, 1.82) is 0 Å². The van der Waals surface area contributed by atoms with E-state index < -0.39 is 16.5 Å². The van der Waals surface area contributed by atoms with Gasteiger partial charge in [0.25, 0.3) is 0 Å². The predicted molar refractivity (Wildman–Crippen MR) is 46.9 cm³/mol. The molecule has 82 valence electrons. The molecule has 0 amide bonds.